The molecule has 128 valence electrons. The number of nitrogens with two attached hydrogens (primary N) is 1. The first-order valence-electron chi connectivity index (χ1n) is 7.92. The van der Waals surface area contributed by atoms with E-state index in [4.69, 9.17) is 17.4 Å². The van der Waals surface area contributed by atoms with Crippen LogP contribution in [0.1, 0.15) is 46.6 Å². The van der Waals surface area contributed by atoms with E-state index in [2.05, 4.69) is 19.3 Å². The number of nitrogens with one attached hydrogen (secondary N) is 1. The summed E-state index contributed by atoms with van der Waals surface area (Å²) in [6.45, 7) is 4.83. The summed E-state index contributed by atoms with van der Waals surface area (Å²) in [4.78, 5) is 14.0. The maximum absolute atomic E-state index is 12.0. The molecule has 0 spiro atoms. The van der Waals surface area contributed by atoms with E-state index in [1.54, 1.807) is 17.4 Å². The summed E-state index contributed by atoms with van der Waals surface area (Å²) in [5, 5.41) is 10.5. The summed E-state index contributed by atoms with van der Waals surface area (Å²) < 4.78 is 0. The van der Waals surface area contributed by atoms with E-state index >= 15 is 0 Å². The van der Waals surface area contributed by atoms with Crippen molar-refractivity contribution in [2.24, 2.45) is 11.3 Å². The predicted octanol–water partition coefficient (Wildman–Crippen LogP) is 4.24. The van der Waals surface area contributed by atoms with E-state index in [0.29, 0.717) is 17.1 Å². The topological polar surface area (TPSA) is 75.3 Å². The molecule has 1 aromatic heterocycles. The quantitative estimate of drug-likeness (QED) is 0.560. The van der Waals surface area contributed by atoms with Crippen molar-refractivity contribution in [1.29, 1.82) is 0 Å². The van der Waals surface area contributed by atoms with Gasteiger partial charge in [-0.25, -0.2) is 4.79 Å². The van der Waals surface area contributed by atoms with Gasteiger partial charge in [0, 0.05) is 21.3 Å². The summed E-state index contributed by atoms with van der Waals surface area (Å²) in [6.07, 6.45) is 2.82. The maximum Gasteiger partial charge on any atom is 0.337 e. The van der Waals surface area contributed by atoms with E-state index < -0.39 is 5.97 Å². The van der Waals surface area contributed by atoms with Crippen LogP contribution in [0.5, 0.6) is 0 Å². The Balaban J connectivity index is 2.20. The summed E-state index contributed by atoms with van der Waals surface area (Å²) >= 11 is 7.70. The summed E-state index contributed by atoms with van der Waals surface area (Å²) in [5.74, 6) is 4.62. The van der Waals surface area contributed by atoms with Gasteiger partial charge in [-0.2, -0.15) is 0 Å². The van der Waals surface area contributed by atoms with Crippen molar-refractivity contribution in [2.75, 3.05) is 0 Å². The zero-order valence-electron chi connectivity index (χ0n) is 13.8. The lowest BCUT2D eigenvalue weighted by Gasteiger charge is -2.29. The third kappa shape index (κ3) is 3.22. The summed E-state index contributed by atoms with van der Waals surface area (Å²) in [7, 11) is 0. The molecule has 0 unspecified atom stereocenters. The van der Waals surface area contributed by atoms with Crippen LogP contribution in [0, 0.1) is 5.41 Å². The van der Waals surface area contributed by atoms with Crippen molar-refractivity contribution >= 4 is 28.9 Å². The molecule has 0 amide bonds. The van der Waals surface area contributed by atoms with Crippen LogP contribution >= 0.6 is 22.9 Å². The molecule has 6 heteroatoms. The van der Waals surface area contributed by atoms with Gasteiger partial charge in [0.1, 0.15) is 0 Å². The Morgan fingerprint density at radius 2 is 2.21 bits per heavy atom. The van der Waals surface area contributed by atoms with Gasteiger partial charge < -0.3 is 5.11 Å². The lowest BCUT2D eigenvalue weighted by molar-refractivity contribution is 0.0696. The maximum atomic E-state index is 12.0. The number of hydrogen-bond donors (Lipinski definition) is 3. The Bertz CT molecular complexity index is 799. The molecule has 1 aliphatic rings. The van der Waals surface area contributed by atoms with Gasteiger partial charge in [-0.3, -0.25) is 11.3 Å². The van der Waals surface area contributed by atoms with Crippen molar-refractivity contribution in [2.45, 2.75) is 39.7 Å². The van der Waals surface area contributed by atoms with Gasteiger partial charge in [0.15, 0.2) is 0 Å². The highest BCUT2D eigenvalue weighted by atomic mass is 35.5. The molecule has 4 nitrogen and oxygen atoms in total. The minimum Gasteiger partial charge on any atom is -0.478 e. The number of carboxylic acids is 1. The largest absolute Gasteiger partial charge is 0.478 e. The number of carbonyl (C=O) groups is 1. The van der Waals surface area contributed by atoms with Crippen molar-refractivity contribution in [3.05, 3.63) is 44.8 Å². The Morgan fingerprint density at radius 1 is 1.46 bits per heavy atom. The minimum atomic E-state index is -0.859. The van der Waals surface area contributed by atoms with E-state index in [-0.39, 0.29) is 5.41 Å². The Morgan fingerprint density at radius 3 is 2.88 bits per heavy atom. The number of fused-ring (bicyclic) bond motifs is 1. The fourth-order valence-electron chi connectivity index (χ4n) is 3.38. The Labute approximate surface area is 150 Å². The minimum absolute atomic E-state index is 0.136. The van der Waals surface area contributed by atoms with Gasteiger partial charge in [-0.15, -0.1) is 11.3 Å². The number of hydrazine groups is 1. The van der Waals surface area contributed by atoms with Crippen molar-refractivity contribution in [3.8, 4) is 10.4 Å². The number of carboxylic acid groups (broad SMARTS) is 1. The second-order valence-electron chi connectivity index (χ2n) is 7.04. The van der Waals surface area contributed by atoms with Crippen LogP contribution in [-0.4, -0.2) is 11.1 Å². The molecule has 1 aliphatic carbocycles. The second-order valence-corrected chi connectivity index (χ2v) is 8.58. The summed E-state index contributed by atoms with van der Waals surface area (Å²) in [5.41, 5.74) is 6.03. The number of halogens is 1. The molecule has 2 aromatic rings. The number of rotatable bonds is 4. The number of benzene rings is 1. The first-order chi connectivity index (χ1) is 11.3. The van der Waals surface area contributed by atoms with Gasteiger partial charge in [-0.05, 0) is 53.5 Å². The standard InChI is InChI=1S/C18H21ClN2O2S/c1-18(2)6-5-14-13(8-18)15(17(22)23)16(24-14)12-4-3-11(19)7-10(12)9-21-20/h3-4,7,21H,5-6,8-9,20H2,1-2H3,(H,22,23). The zero-order valence-corrected chi connectivity index (χ0v) is 15.4. The summed E-state index contributed by atoms with van der Waals surface area (Å²) in [6, 6.07) is 5.53. The lowest BCUT2D eigenvalue weighted by atomic mass is 9.76. The van der Waals surface area contributed by atoms with Gasteiger partial charge in [0.25, 0.3) is 0 Å². The van der Waals surface area contributed by atoms with Crippen molar-refractivity contribution < 1.29 is 9.90 Å². The molecule has 0 aliphatic heterocycles. The van der Waals surface area contributed by atoms with Crippen LogP contribution in [0.3, 0.4) is 0 Å². The van der Waals surface area contributed by atoms with Gasteiger partial charge >= 0.3 is 5.97 Å². The normalized spacial score (nSPS) is 16.0. The van der Waals surface area contributed by atoms with Crippen LogP contribution in [0.25, 0.3) is 10.4 Å². The fourth-order valence-corrected chi connectivity index (χ4v) is 4.94. The smallest absolute Gasteiger partial charge is 0.337 e. The number of aromatic carboxylic acids is 1. The monoisotopic (exact) mass is 364 g/mol. The average molecular weight is 365 g/mol. The molecule has 1 aromatic carbocycles. The molecular weight excluding hydrogens is 344 g/mol. The molecular formula is C18H21ClN2O2S. The fraction of sp³-hybridized carbons (Fsp3) is 0.389. The number of hydrogen-bond acceptors (Lipinski definition) is 4. The highest BCUT2D eigenvalue weighted by Crippen LogP contribution is 2.45. The number of aryl methyl sites for hydroxylation is 1. The SMILES string of the molecule is CC1(C)CCc2sc(-c3ccc(Cl)cc3CNN)c(C(=O)O)c2C1. The van der Waals surface area contributed by atoms with Crippen LogP contribution in [0.2, 0.25) is 5.02 Å². The molecule has 0 saturated carbocycles. The van der Waals surface area contributed by atoms with Crippen LogP contribution in [0.4, 0.5) is 0 Å². The second kappa shape index (κ2) is 6.48. The van der Waals surface area contributed by atoms with Crippen molar-refractivity contribution in [3.63, 3.8) is 0 Å². The van der Waals surface area contributed by atoms with Crippen LogP contribution in [-0.2, 0) is 19.4 Å². The van der Waals surface area contributed by atoms with E-state index in [1.165, 1.54) is 4.88 Å². The average Bonchev–Trinajstić information content (AvgIpc) is 2.84. The predicted molar refractivity (Wildman–Crippen MR) is 98.6 cm³/mol. The molecule has 0 saturated heterocycles. The third-order valence-corrected chi connectivity index (χ3v) is 6.15. The first-order valence-corrected chi connectivity index (χ1v) is 9.12. The molecule has 4 N–H and O–H groups in total. The van der Waals surface area contributed by atoms with Crippen LogP contribution in [0.15, 0.2) is 18.2 Å². The number of thiophene rings is 1. The van der Waals surface area contributed by atoms with E-state index in [1.807, 2.05) is 12.1 Å². The zero-order chi connectivity index (χ0) is 17.5. The van der Waals surface area contributed by atoms with Crippen LogP contribution < -0.4 is 11.3 Å². The molecule has 3 rings (SSSR count). The first kappa shape index (κ1) is 17.4. The molecule has 0 atom stereocenters. The molecule has 24 heavy (non-hydrogen) atoms. The molecule has 0 bridgehead atoms. The lowest BCUT2D eigenvalue weighted by Crippen LogP contribution is -2.22. The molecule has 0 radical (unpaired) electrons. The van der Waals surface area contributed by atoms with E-state index in [0.717, 1.165) is 40.8 Å². The molecule has 0 fully saturated rings. The Hall–Kier alpha value is -1.40. The van der Waals surface area contributed by atoms with E-state index in [9.17, 15) is 9.90 Å². The highest BCUT2D eigenvalue weighted by molar-refractivity contribution is 7.16. The van der Waals surface area contributed by atoms with Crippen molar-refractivity contribution in [1.82, 2.24) is 5.43 Å². The molecule has 1 heterocycles. The van der Waals surface area contributed by atoms with Gasteiger partial charge in [0.05, 0.1) is 5.56 Å². The Kier molecular flexibility index (Phi) is 4.71. The van der Waals surface area contributed by atoms with Gasteiger partial charge in [-0.1, -0.05) is 31.5 Å². The van der Waals surface area contributed by atoms with Gasteiger partial charge in [0.2, 0.25) is 0 Å². The third-order valence-electron chi connectivity index (χ3n) is 4.59. The highest BCUT2D eigenvalue weighted by Gasteiger charge is 2.33.